The molecule has 1 heterocycles. The molecule has 0 aliphatic rings. The van der Waals surface area contributed by atoms with Gasteiger partial charge >= 0.3 is 0 Å². The number of hydrogen-bond acceptors (Lipinski definition) is 2. The Morgan fingerprint density at radius 1 is 1.54 bits per heavy atom. The first-order chi connectivity index (χ1) is 6.16. The van der Waals surface area contributed by atoms with Crippen molar-refractivity contribution < 1.29 is 0 Å². The van der Waals surface area contributed by atoms with Crippen molar-refractivity contribution in [3.63, 3.8) is 0 Å². The first-order valence-electron chi connectivity index (χ1n) is 4.06. The molecular weight excluding hydrogens is 180 g/mol. The molecular formula is C10H14N2S. The van der Waals surface area contributed by atoms with Crippen molar-refractivity contribution in [1.82, 2.24) is 4.57 Å². The Morgan fingerprint density at radius 2 is 2.23 bits per heavy atom. The largest absolute Gasteiger partial charge is 0.364 e. The molecule has 0 aliphatic heterocycles. The number of hydrogen-bond donors (Lipinski definition) is 0. The summed E-state index contributed by atoms with van der Waals surface area (Å²) in [5, 5.41) is 1.21. The van der Waals surface area contributed by atoms with Crippen LogP contribution in [0, 0.1) is 12.3 Å². The van der Waals surface area contributed by atoms with Crippen molar-refractivity contribution in [3.8, 4) is 12.3 Å². The molecule has 0 saturated heterocycles. The minimum Gasteiger partial charge on any atom is -0.364 e. The molecule has 3 heteroatoms. The number of thioether (sulfide) groups is 1. The van der Waals surface area contributed by atoms with Crippen LogP contribution in [0.5, 0.6) is 0 Å². The van der Waals surface area contributed by atoms with Crippen LogP contribution in [0.2, 0.25) is 0 Å². The Bertz CT molecular complexity index is 320. The van der Waals surface area contributed by atoms with Crippen LogP contribution < -0.4 is 4.90 Å². The Balaban J connectivity index is 2.81. The van der Waals surface area contributed by atoms with Crippen LogP contribution in [0.1, 0.15) is 0 Å². The normalized spacial score (nSPS) is 9.69. The predicted octanol–water partition coefficient (Wildman–Crippen LogP) is 1.82. The van der Waals surface area contributed by atoms with Gasteiger partial charge in [-0.3, -0.25) is 0 Å². The third kappa shape index (κ3) is 2.22. The topological polar surface area (TPSA) is 8.17 Å². The van der Waals surface area contributed by atoms with Crippen LogP contribution in [0.3, 0.4) is 0 Å². The zero-order valence-electron chi connectivity index (χ0n) is 8.24. The number of anilines is 1. The van der Waals surface area contributed by atoms with E-state index in [0.717, 1.165) is 5.75 Å². The lowest BCUT2D eigenvalue weighted by Crippen LogP contribution is -2.12. The Labute approximate surface area is 83.9 Å². The highest BCUT2D eigenvalue weighted by atomic mass is 32.2. The van der Waals surface area contributed by atoms with E-state index in [9.17, 15) is 0 Å². The Morgan fingerprint density at radius 3 is 2.69 bits per heavy atom. The quantitative estimate of drug-likeness (QED) is 0.535. The highest BCUT2D eigenvalue weighted by Crippen LogP contribution is 2.23. The van der Waals surface area contributed by atoms with Gasteiger partial charge in [0.15, 0.2) is 0 Å². The average molecular weight is 194 g/mol. The molecule has 0 saturated carbocycles. The molecule has 0 atom stereocenters. The number of rotatable bonds is 3. The third-order valence-electron chi connectivity index (χ3n) is 1.81. The second-order valence-corrected chi connectivity index (χ2v) is 3.97. The maximum absolute atomic E-state index is 5.20. The molecule has 1 rings (SSSR count). The molecule has 0 spiro atoms. The zero-order valence-corrected chi connectivity index (χ0v) is 9.06. The van der Waals surface area contributed by atoms with E-state index in [2.05, 4.69) is 27.5 Å². The second-order valence-electron chi connectivity index (χ2n) is 2.98. The summed E-state index contributed by atoms with van der Waals surface area (Å²) in [5.41, 5.74) is 0. The Kier molecular flexibility index (Phi) is 3.32. The van der Waals surface area contributed by atoms with E-state index in [4.69, 9.17) is 6.42 Å². The van der Waals surface area contributed by atoms with Crippen LogP contribution >= 0.6 is 11.8 Å². The highest BCUT2D eigenvalue weighted by Gasteiger charge is 2.05. The van der Waals surface area contributed by atoms with Gasteiger partial charge in [-0.2, -0.15) is 0 Å². The molecule has 2 nitrogen and oxygen atoms in total. The minimum absolute atomic E-state index is 0.727. The minimum atomic E-state index is 0.727. The van der Waals surface area contributed by atoms with Gasteiger partial charge in [0.2, 0.25) is 0 Å². The summed E-state index contributed by atoms with van der Waals surface area (Å²) in [6.45, 7) is 0. The fourth-order valence-corrected chi connectivity index (χ4v) is 1.87. The van der Waals surface area contributed by atoms with Crippen LogP contribution in [-0.4, -0.2) is 24.4 Å². The molecule has 0 fully saturated rings. The highest BCUT2D eigenvalue weighted by molar-refractivity contribution is 7.99. The summed E-state index contributed by atoms with van der Waals surface area (Å²) in [6, 6.07) is 4.19. The van der Waals surface area contributed by atoms with E-state index in [1.54, 1.807) is 11.8 Å². The molecule has 0 aliphatic carbocycles. The van der Waals surface area contributed by atoms with Crippen molar-refractivity contribution in [2.45, 2.75) is 5.03 Å². The molecule has 1 aromatic rings. The van der Waals surface area contributed by atoms with Gasteiger partial charge in [0.1, 0.15) is 5.82 Å². The molecule has 0 bridgehead atoms. The van der Waals surface area contributed by atoms with E-state index in [0.29, 0.717) is 0 Å². The second kappa shape index (κ2) is 4.29. The van der Waals surface area contributed by atoms with Gasteiger partial charge in [-0.05, 0) is 12.1 Å². The van der Waals surface area contributed by atoms with Crippen molar-refractivity contribution in [1.29, 1.82) is 0 Å². The fraction of sp³-hybridized carbons (Fsp3) is 0.400. The smallest absolute Gasteiger partial charge is 0.108 e. The fourth-order valence-electron chi connectivity index (χ4n) is 1.19. The molecule has 70 valence electrons. The first kappa shape index (κ1) is 10.1. The van der Waals surface area contributed by atoms with Crippen LogP contribution in [0.15, 0.2) is 17.2 Å². The van der Waals surface area contributed by atoms with Crippen LogP contribution in [0.4, 0.5) is 5.82 Å². The van der Waals surface area contributed by atoms with E-state index in [-0.39, 0.29) is 0 Å². The number of aromatic nitrogens is 1. The number of terminal acetylenes is 1. The number of nitrogens with zero attached hydrogens (tertiary/aromatic N) is 2. The van der Waals surface area contributed by atoms with Gasteiger partial charge in [-0.15, -0.1) is 6.42 Å². The van der Waals surface area contributed by atoms with E-state index >= 15 is 0 Å². The van der Waals surface area contributed by atoms with Crippen LogP contribution in [-0.2, 0) is 7.05 Å². The van der Waals surface area contributed by atoms with Crippen LogP contribution in [0.25, 0.3) is 0 Å². The molecule has 1 aromatic heterocycles. The molecule has 0 unspecified atom stereocenters. The SMILES string of the molecule is C#CCSc1ccc(N(C)C)n1C. The lowest BCUT2D eigenvalue weighted by atomic mass is 10.6. The van der Waals surface area contributed by atoms with Gasteiger partial charge in [-0.25, -0.2) is 0 Å². The van der Waals surface area contributed by atoms with Crippen molar-refractivity contribution >= 4 is 17.6 Å². The molecule has 13 heavy (non-hydrogen) atoms. The standard InChI is InChI=1S/C10H14N2S/c1-5-8-13-10-7-6-9(11(2)3)12(10)4/h1,6-7H,8H2,2-4H3. The lowest BCUT2D eigenvalue weighted by molar-refractivity contribution is 0.808. The molecule has 0 amide bonds. The lowest BCUT2D eigenvalue weighted by Gasteiger charge is -2.14. The summed E-state index contributed by atoms with van der Waals surface area (Å²) in [4.78, 5) is 2.08. The third-order valence-corrected chi connectivity index (χ3v) is 2.83. The summed E-state index contributed by atoms with van der Waals surface area (Å²) in [7, 11) is 6.12. The Hall–Kier alpha value is -1.01. The monoisotopic (exact) mass is 194 g/mol. The first-order valence-corrected chi connectivity index (χ1v) is 5.04. The molecule has 0 aromatic carbocycles. The maximum Gasteiger partial charge on any atom is 0.108 e. The molecule has 0 radical (unpaired) electrons. The summed E-state index contributed by atoms with van der Waals surface area (Å²) < 4.78 is 2.14. The van der Waals surface area contributed by atoms with E-state index < -0.39 is 0 Å². The van der Waals surface area contributed by atoms with Crippen molar-refractivity contribution in [2.24, 2.45) is 7.05 Å². The van der Waals surface area contributed by atoms with E-state index in [1.165, 1.54) is 10.8 Å². The van der Waals surface area contributed by atoms with Gasteiger partial charge < -0.3 is 9.47 Å². The predicted molar refractivity (Wildman–Crippen MR) is 59.3 cm³/mol. The summed E-state index contributed by atoms with van der Waals surface area (Å²) >= 11 is 1.69. The van der Waals surface area contributed by atoms with Gasteiger partial charge in [0.25, 0.3) is 0 Å². The van der Waals surface area contributed by atoms with E-state index in [1.807, 2.05) is 21.1 Å². The van der Waals surface area contributed by atoms with Gasteiger partial charge in [0.05, 0.1) is 10.8 Å². The summed E-state index contributed by atoms with van der Waals surface area (Å²) in [5.74, 6) is 4.54. The zero-order chi connectivity index (χ0) is 9.84. The molecule has 0 N–H and O–H groups in total. The van der Waals surface area contributed by atoms with Gasteiger partial charge in [-0.1, -0.05) is 17.7 Å². The summed E-state index contributed by atoms with van der Waals surface area (Å²) in [6.07, 6.45) is 5.20. The van der Waals surface area contributed by atoms with Crippen molar-refractivity contribution in [2.75, 3.05) is 24.7 Å². The van der Waals surface area contributed by atoms with Crippen molar-refractivity contribution in [3.05, 3.63) is 12.1 Å². The maximum atomic E-state index is 5.20. The average Bonchev–Trinajstić information content (AvgIpc) is 2.43. The van der Waals surface area contributed by atoms with Gasteiger partial charge in [0, 0.05) is 21.1 Å².